The molecule has 0 spiro atoms. The van der Waals surface area contributed by atoms with Gasteiger partial charge in [-0.15, -0.1) is 0 Å². The number of halogens is 1. The molecule has 2 amide bonds. The zero-order valence-corrected chi connectivity index (χ0v) is 17.4. The molecule has 1 aromatic carbocycles. The normalized spacial score (nSPS) is 36.9. The van der Waals surface area contributed by atoms with Crippen LogP contribution in [0, 0.1) is 29.0 Å². The van der Waals surface area contributed by atoms with Crippen LogP contribution in [0.2, 0.25) is 0 Å². The summed E-state index contributed by atoms with van der Waals surface area (Å²) in [5.41, 5.74) is 0.962. The number of benzene rings is 1. The van der Waals surface area contributed by atoms with Gasteiger partial charge < -0.3 is 15.3 Å². The zero-order valence-electron chi connectivity index (χ0n) is 17.4. The number of amides is 2. The van der Waals surface area contributed by atoms with Crippen molar-refractivity contribution in [3.05, 3.63) is 35.6 Å². The first-order chi connectivity index (χ1) is 14.4. The van der Waals surface area contributed by atoms with Crippen LogP contribution in [0.3, 0.4) is 0 Å². The lowest BCUT2D eigenvalue weighted by Gasteiger charge is -2.56. The number of hydrogen-bond acceptors (Lipinski definition) is 3. The maximum absolute atomic E-state index is 13.2. The molecule has 2 N–H and O–H groups in total. The molecule has 1 aromatic rings. The Hall–Kier alpha value is -1.95. The molecule has 0 radical (unpaired) electrons. The quantitative estimate of drug-likeness (QED) is 0.778. The summed E-state index contributed by atoms with van der Waals surface area (Å²) in [5.74, 6) is 1.85. The summed E-state index contributed by atoms with van der Waals surface area (Å²) in [4.78, 5) is 27.2. The van der Waals surface area contributed by atoms with Gasteiger partial charge in [0, 0.05) is 13.0 Å². The fraction of sp³-hybridized carbons (Fsp3) is 0.667. The third-order valence-electron chi connectivity index (χ3n) is 7.99. The first kappa shape index (κ1) is 20.0. The monoisotopic (exact) mass is 414 g/mol. The molecule has 1 heterocycles. The topological polar surface area (TPSA) is 69.6 Å². The number of rotatable bonds is 5. The summed E-state index contributed by atoms with van der Waals surface area (Å²) in [6.07, 6.45) is 7.92. The fourth-order valence-electron chi connectivity index (χ4n) is 7.28. The van der Waals surface area contributed by atoms with E-state index in [1.807, 2.05) is 0 Å². The second-order valence-corrected chi connectivity index (χ2v) is 10.4. The van der Waals surface area contributed by atoms with Crippen molar-refractivity contribution >= 4 is 11.8 Å². The predicted octanol–water partition coefficient (Wildman–Crippen LogP) is 3.18. The van der Waals surface area contributed by atoms with Crippen LogP contribution in [-0.4, -0.2) is 41.0 Å². The van der Waals surface area contributed by atoms with Gasteiger partial charge in [0.15, 0.2) is 0 Å². The van der Waals surface area contributed by atoms with E-state index in [0.29, 0.717) is 12.8 Å². The van der Waals surface area contributed by atoms with Crippen LogP contribution in [-0.2, 0) is 9.59 Å². The standard InChI is InChI=1S/C24H31FN2O3/c25-19-3-1-18(2-4-19)21-8-20(28)14-27(21)23(30)13-26-22(29)12-24-9-15-5-16(10-24)7-17(6-15)11-24/h1-4,15-17,20-21,28H,5-14H2,(H,26,29)/t15?,16?,17?,20-,21+,24?/m0/s1. The highest BCUT2D eigenvalue weighted by Gasteiger charge is 2.51. The molecule has 1 aliphatic heterocycles. The van der Waals surface area contributed by atoms with Crippen molar-refractivity contribution in [1.29, 1.82) is 0 Å². The average Bonchev–Trinajstić information content (AvgIpc) is 3.07. The van der Waals surface area contributed by atoms with Crippen LogP contribution in [0.5, 0.6) is 0 Å². The maximum atomic E-state index is 13.2. The summed E-state index contributed by atoms with van der Waals surface area (Å²) in [6, 6.07) is 5.77. The fourth-order valence-corrected chi connectivity index (χ4v) is 7.28. The molecule has 5 nitrogen and oxygen atoms in total. The number of carbonyl (C=O) groups is 2. The zero-order chi connectivity index (χ0) is 20.9. The minimum absolute atomic E-state index is 0.0247. The number of carbonyl (C=O) groups excluding carboxylic acids is 2. The van der Waals surface area contributed by atoms with E-state index in [-0.39, 0.29) is 42.2 Å². The highest BCUT2D eigenvalue weighted by molar-refractivity contribution is 5.85. The Bertz CT molecular complexity index is 789. The number of nitrogens with zero attached hydrogens (tertiary/aromatic N) is 1. The lowest BCUT2D eigenvalue weighted by Crippen LogP contribution is -2.48. The van der Waals surface area contributed by atoms with Crippen LogP contribution in [0.25, 0.3) is 0 Å². The molecular formula is C24H31FN2O3. The van der Waals surface area contributed by atoms with E-state index in [0.717, 1.165) is 23.3 Å². The Balaban J connectivity index is 1.18. The summed E-state index contributed by atoms with van der Waals surface area (Å²) in [5, 5.41) is 13.0. The number of likely N-dealkylation sites (tertiary alicyclic amines) is 1. The molecule has 162 valence electrons. The second kappa shape index (κ2) is 7.63. The van der Waals surface area contributed by atoms with E-state index >= 15 is 0 Å². The van der Waals surface area contributed by atoms with E-state index in [1.165, 1.54) is 50.7 Å². The van der Waals surface area contributed by atoms with Gasteiger partial charge >= 0.3 is 0 Å². The molecule has 4 saturated carbocycles. The molecule has 1 saturated heterocycles. The summed E-state index contributed by atoms with van der Waals surface area (Å²) in [6.45, 7) is 0.196. The highest BCUT2D eigenvalue weighted by Crippen LogP contribution is 2.61. The van der Waals surface area contributed by atoms with Crippen LogP contribution >= 0.6 is 0 Å². The van der Waals surface area contributed by atoms with Crippen LogP contribution in [0.15, 0.2) is 24.3 Å². The molecule has 4 aliphatic carbocycles. The van der Waals surface area contributed by atoms with Gasteiger partial charge in [0.25, 0.3) is 0 Å². The SMILES string of the molecule is O=C(CC12CC3CC(CC(C3)C1)C2)NCC(=O)N1C[C@@H](O)C[C@@H]1c1ccc(F)cc1. The van der Waals surface area contributed by atoms with Gasteiger partial charge in [0.1, 0.15) is 5.82 Å². The molecule has 5 aliphatic rings. The number of hydrogen-bond donors (Lipinski definition) is 2. The van der Waals surface area contributed by atoms with Gasteiger partial charge in [0.05, 0.1) is 18.7 Å². The van der Waals surface area contributed by atoms with Gasteiger partial charge in [-0.25, -0.2) is 4.39 Å². The number of nitrogens with one attached hydrogen (secondary N) is 1. The van der Waals surface area contributed by atoms with Crippen molar-refractivity contribution < 1.29 is 19.1 Å². The van der Waals surface area contributed by atoms with E-state index in [9.17, 15) is 19.1 Å². The molecule has 30 heavy (non-hydrogen) atoms. The molecule has 0 aromatic heterocycles. The van der Waals surface area contributed by atoms with Crippen molar-refractivity contribution in [2.24, 2.45) is 23.2 Å². The van der Waals surface area contributed by atoms with Crippen molar-refractivity contribution in [3.8, 4) is 0 Å². The summed E-state index contributed by atoms with van der Waals surface area (Å²) in [7, 11) is 0. The van der Waals surface area contributed by atoms with E-state index in [1.54, 1.807) is 17.0 Å². The summed E-state index contributed by atoms with van der Waals surface area (Å²) < 4.78 is 13.2. The molecule has 6 heteroatoms. The van der Waals surface area contributed by atoms with Crippen LogP contribution in [0.1, 0.15) is 63.0 Å². The number of aliphatic hydroxyl groups is 1. The largest absolute Gasteiger partial charge is 0.391 e. The van der Waals surface area contributed by atoms with E-state index in [4.69, 9.17) is 0 Å². The smallest absolute Gasteiger partial charge is 0.242 e. The number of aliphatic hydroxyl groups excluding tert-OH is 1. The number of β-amino-alcohol motifs (C(OH)–C–C–N with tert-alkyl or cyclic N) is 1. The molecular weight excluding hydrogens is 383 g/mol. The molecule has 4 bridgehead atoms. The van der Waals surface area contributed by atoms with Crippen LogP contribution in [0.4, 0.5) is 4.39 Å². The summed E-state index contributed by atoms with van der Waals surface area (Å²) >= 11 is 0. The van der Waals surface area contributed by atoms with E-state index in [2.05, 4.69) is 5.32 Å². The molecule has 5 fully saturated rings. The first-order valence-electron chi connectivity index (χ1n) is 11.4. The van der Waals surface area contributed by atoms with Gasteiger partial charge in [-0.1, -0.05) is 12.1 Å². The molecule has 0 unspecified atom stereocenters. The van der Waals surface area contributed by atoms with E-state index < -0.39 is 6.10 Å². The maximum Gasteiger partial charge on any atom is 0.242 e. The average molecular weight is 415 g/mol. The minimum Gasteiger partial charge on any atom is -0.391 e. The Morgan fingerprint density at radius 2 is 1.63 bits per heavy atom. The van der Waals surface area contributed by atoms with Crippen molar-refractivity contribution in [2.75, 3.05) is 13.1 Å². The van der Waals surface area contributed by atoms with Gasteiger partial charge in [-0.05, 0) is 85.8 Å². The highest BCUT2D eigenvalue weighted by atomic mass is 19.1. The molecule has 6 rings (SSSR count). The lowest BCUT2D eigenvalue weighted by atomic mass is 9.49. The van der Waals surface area contributed by atoms with Gasteiger partial charge in [-0.2, -0.15) is 0 Å². The van der Waals surface area contributed by atoms with Crippen molar-refractivity contribution in [1.82, 2.24) is 10.2 Å². The van der Waals surface area contributed by atoms with Gasteiger partial charge in [-0.3, -0.25) is 9.59 Å². The van der Waals surface area contributed by atoms with Crippen molar-refractivity contribution in [3.63, 3.8) is 0 Å². The first-order valence-corrected chi connectivity index (χ1v) is 11.4. The minimum atomic E-state index is -0.605. The Labute approximate surface area is 177 Å². The third-order valence-corrected chi connectivity index (χ3v) is 7.99. The van der Waals surface area contributed by atoms with Crippen LogP contribution < -0.4 is 5.32 Å². The Morgan fingerprint density at radius 1 is 1.03 bits per heavy atom. The third kappa shape index (κ3) is 3.86. The second-order valence-electron chi connectivity index (χ2n) is 10.4. The Kier molecular flexibility index (Phi) is 5.08. The Morgan fingerprint density at radius 3 is 2.23 bits per heavy atom. The van der Waals surface area contributed by atoms with Gasteiger partial charge in [0.2, 0.25) is 11.8 Å². The van der Waals surface area contributed by atoms with Crippen molar-refractivity contribution in [2.45, 2.75) is 63.5 Å². The molecule has 2 atom stereocenters. The lowest BCUT2D eigenvalue weighted by molar-refractivity contribution is -0.136. The predicted molar refractivity (Wildman–Crippen MR) is 110 cm³/mol.